The molecule has 0 heterocycles. The van der Waals surface area contributed by atoms with Crippen LogP contribution in [0.3, 0.4) is 0 Å². The molecule has 0 aliphatic rings. The van der Waals surface area contributed by atoms with Crippen molar-refractivity contribution in [1.29, 1.82) is 0 Å². The molecule has 0 amide bonds. The van der Waals surface area contributed by atoms with Crippen LogP contribution in [0, 0.1) is 13.8 Å². The van der Waals surface area contributed by atoms with Gasteiger partial charge in [0.05, 0.1) is 0 Å². The molecule has 0 atom stereocenters. The highest BCUT2D eigenvalue weighted by Crippen LogP contribution is 2.25. The number of benzene rings is 2. The third-order valence-corrected chi connectivity index (χ3v) is 5.64. The average Bonchev–Trinajstić information content (AvgIpc) is 2.77. The molecule has 33 heavy (non-hydrogen) atoms. The molecule has 0 unspecified atom stereocenters. The number of anilines is 1. The third kappa shape index (κ3) is 11.7. The first-order chi connectivity index (χ1) is 15.5. The Kier molecular flexibility index (Phi) is 15.7. The monoisotopic (exact) mass is 467 g/mol. The molecule has 1 nitrogen and oxygen atoms in total. The molecular formula is C31H49NS. The largest absolute Gasteiger partial charge is 0.369 e. The topological polar surface area (TPSA) is 3.24 Å². The van der Waals surface area contributed by atoms with Crippen LogP contribution in [-0.2, 0) is 12.8 Å². The number of rotatable bonds is 7. The molecule has 0 aliphatic heterocycles. The molecule has 0 aliphatic carbocycles. The molecule has 2 aromatic rings. The van der Waals surface area contributed by atoms with Crippen molar-refractivity contribution in [3.63, 3.8) is 0 Å². The minimum atomic E-state index is 0.576. The summed E-state index contributed by atoms with van der Waals surface area (Å²) in [5, 5.41) is 0. The van der Waals surface area contributed by atoms with Crippen molar-refractivity contribution >= 4 is 23.9 Å². The Morgan fingerprint density at radius 3 is 2.00 bits per heavy atom. The molecule has 0 saturated heterocycles. The molecule has 0 aromatic heterocycles. The van der Waals surface area contributed by atoms with Gasteiger partial charge in [-0.05, 0) is 112 Å². The SMILES string of the molecule is C/C=C(\C)c1ccc(C)c(CC)c1.C=C(C)S.CCCN(c1cc(C)ccc1CC)C(C)C. The van der Waals surface area contributed by atoms with Gasteiger partial charge in [0.1, 0.15) is 0 Å². The minimum Gasteiger partial charge on any atom is -0.369 e. The van der Waals surface area contributed by atoms with Crippen LogP contribution >= 0.6 is 12.6 Å². The van der Waals surface area contributed by atoms with E-state index in [9.17, 15) is 0 Å². The average molecular weight is 468 g/mol. The molecule has 0 spiro atoms. The van der Waals surface area contributed by atoms with E-state index in [0.29, 0.717) is 6.04 Å². The Morgan fingerprint density at radius 2 is 1.55 bits per heavy atom. The highest BCUT2D eigenvalue weighted by molar-refractivity contribution is 7.84. The van der Waals surface area contributed by atoms with Crippen molar-refractivity contribution in [3.05, 3.63) is 81.8 Å². The second-order valence-corrected chi connectivity index (χ2v) is 9.74. The van der Waals surface area contributed by atoms with Crippen LogP contribution < -0.4 is 4.90 Å². The van der Waals surface area contributed by atoms with Gasteiger partial charge in [0.25, 0.3) is 0 Å². The number of thiol groups is 1. The fraction of sp³-hybridized carbons (Fsp3) is 0.484. The molecule has 184 valence electrons. The van der Waals surface area contributed by atoms with Crippen LogP contribution in [-0.4, -0.2) is 12.6 Å². The first-order valence-corrected chi connectivity index (χ1v) is 12.9. The summed E-state index contributed by atoms with van der Waals surface area (Å²) in [6.45, 7) is 26.2. The van der Waals surface area contributed by atoms with Crippen LogP contribution in [0.5, 0.6) is 0 Å². The number of allylic oxidation sites excluding steroid dienone is 3. The Hall–Kier alpha value is -1.93. The van der Waals surface area contributed by atoms with E-state index in [2.05, 4.69) is 129 Å². The Bertz CT molecular complexity index is 872. The Balaban J connectivity index is 0.000000542. The van der Waals surface area contributed by atoms with Crippen LogP contribution in [0.2, 0.25) is 0 Å². The zero-order chi connectivity index (χ0) is 25.6. The quantitative estimate of drug-likeness (QED) is 0.397. The van der Waals surface area contributed by atoms with Crippen molar-refractivity contribution in [2.45, 2.75) is 94.5 Å². The minimum absolute atomic E-state index is 0.576. The fourth-order valence-electron chi connectivity index (χ4n) is 3.60. The lowest BCUT2D eigenvalue weighted by atomic mass is 9.99. The maximum Gasteiger partial charge on any atom is 0.0403 e. The smallest absolute Gasteiger partial charge is 0.0403 e. The van der Waals surface area contributed by atoms with E-state index in [1.54, 1.807) is 0 Å². The zero-order valence-electron chi connectivity index (χ0n) is 23.0. The van der Waals surface area contributed by atoms with E-state index in [1.165, 1.54) is 45.5 Å². The maximum absolute atomic E-state index is 3.77. The van der Waals surface area contributed by atoms with Gasteiger partial charge in [0.15, 0.2) is 0 Å². The Labute approximate surface area is 211 Å². The van der Waals surface area contributed by atoms with Gasteiger partial charge in [-0.1, -0.05) is 63.8 Å². The summed E-state index contributed by atoms with van der Waals surface area (Å²) in [5.41, 5.74) is 9.81. The molecule has 0 saturated carbocycles. The summed E-state index contributed by atoms with van der Waals surface area (Å²) in [6, 6.07) is 14.1. The van der Waals surface area contributed by atoms with E-state index in [-0.39, 0.29) is 0 Å². The summed E-state index contributed by atoms with van der Waals surface area (Å²) >= 11 is 3.77. The van der Waals surface area contributed by atoms with E-state index < -0.39 is 0 Å². The number of hydrogen-bond acceptors (Lipinski definition) is 2. The normalized spacial score (nSPS) is 10.7. The lowest BCUT2D eigenvalue weighted by Gasteiger charge is -2.31. The summed E-state index contributed by atoms with van der Waals surface area (Å²) in [6.07, 6.45) is 5.60. The lowest BCUT2D eigenvalue weighted by Crippen LogP contribution is -2.32. The summed E-state index contributed by atoms with van der Waals surface area (Å²) in [7, 11) is 0. The molecule has 2 heteroatoms. The van der Waals surface area contributed by atoms with Gasteiger partial charge in [0, 0.05) is 18.3 Å². The van der Waals surface area contributed by atoms with Crippen molar-refractivity contribution in [3.8, 4) is 0 Å². The Morgan fingerprint density at radius 1 is 0.970 bits per heavy atom. The molecule has 0 fully saturated rings. The van der Waals surface area contributed by atoms with Gasteiger partial charge < -0.3 is 4.90 Å². The lowest BCUT2D eigenvalue weighted by molar-refractivity contribution is 0.667. The van der Waals surface area contributed by atoms with Gasteiger partial charge in [0.2, 0.25) is 0 Å². The first kappa shape index (κ1) is 31.1. The fourth-order valence-corrected chi connectivity index (χ4v) is 3.60. The zero-order valence-corrected chi connectivity index (χ0v) is 23.9. The summed E-state index contributed by atoms with van der Waals surface area (Å²) in [5.74, 6) is 0. The maximum atomic E-state index is 3.77. The van der Waals surface area contributed by atoms with Crippen molar-refractivity contribution in [2.24, 2.45) is 0 Å². The van der Waals surface area contributed by atoms with Crippen molar-refractivity contribution in [2.75, 3.05) is 11.4 Å². The summed E-state index contributed by atoms with van der Waals surface area (Å²) < 4.78 is 0. The molecular weight excluding hydrogens is 418 g/mol. The van der Waals surface area contributed by atoms with Gasteiger partial charge in [-0.3, -0.25) is 0 Å². The van der Waals surface area contributed by atoms with Crippen molar-refractivity contribution < 1.29 is 0 Å². The third-order valence-electron chi connectivity index (χ3n) is 5.64. The second-order valence-electron chi connectivity index (χ2n) is 8.97. The first-order valence-electron chi connectivity index (χ1n) is 12.5. The van der Waals surface area contributed by atoms with Crippen LogP contribution in [0.25, 0.3) is 5.57 Å². The number of hydrogen-bond donors (Lipinski definition) is 1. The molecule has 2 aromatic carbocycles. The molecule has 0 radical (unpaired) electrons. The standard InChI is InChI=1S/C15H25N.C13H18.C3H6S/c1-6-10-16(12(3)4)15-11-13(5)8-9-14(15)7-2;1-5-10(3)13-8-7-11(4)12(6-2)9-13;1-3(2)4/h8-9,11-12H,6-7,10H2,1-5H3;5,7-9H,6H2,1-4H3;4H,1H2,2H3/b;10-5+;. The van der Waals surface area contributed by atoms with Crippen molar-refractivity contribution in [1.82, 2.24) is 0 Å². The van der Waals surface area contributed by atoms with Gasteiger partial charge in [-0.2, -0.15) is 0 Å². The highest BCUT2D eigenvalue weighted by Gasteiger charge is 2.12. The predicted molar refractivity (Wildman–Crippen MR) is 157 cm³/mol. The van der Waals surface area contributed by atoms with E-state index in [0.717, 1.165) is 24.3 Å². The van der Waals surface area contributed by atoms with Gasteiger partial charge in [-0.25, -0.2) is 0 Å². The van der Waals surface area contributed by atoms with Gasteiger partial charge in [-0.15, -0.1) is 12.6 Å². The number of aryl methyl sites for hydroxylation is 4. The second kappa shape index (κ2) is 16.6. The van der Waals surface area contributed by atoms with E-state index >= 15 is 0 Å². The molecule has 0 bridgehead atoms. The van der Waals surface area contributed by atoms with Crippen LogP contribution in [0.4, 0.5) is 5.69 Å². The molecule has 0 N–H and O–H groups in total. The number of nitrogens with zero attached hydrogens (tertiary/aromatic N) is 1. The summed E-state index contributed by atoms with van der Waals surface area (Å²) in [4.78, 5) is 3.38. The highest BCUT2D eigenvalue weighted by atomic mass is 32.1. The predicted octanol–water partition coefficient (Wildman–Crippen LogP) is 9.61. The van der Waals surface area contributed by atoms with E-state index in [4.69, 9.17) is 0 Å². The van der Waals surface area contributed by atoms with E-state index in [1.807, 2.05) is 6.92 Å². The van der Waals surface area contributed by atoms with Gasteiger partial charge >= 0.3 is 0 Å². The molecule has 2 rings (SSSR count). The van der Waals surface area contributed by atoms with Crippen LogP contribution in [0.1, 0.15) is 89.6 Å². The van der Waals surface area contributed by atoms with Crippen LogP contribution in [0.15, 0.2) is 54.0 Å².